The molecular weight excluding hydrogens is 448 g/mol. The molecule has 0 radical (unpaired) electrons. The third-order valence-corrected chi connectivity index (χ3v) is 4.33. The smallest absolute Gasteiger partial charge is 0.243 e. The first kappa shape index (κ1) is 31.3. The number of hydrogen-bond acceptors (Lipinski definition) is 6. The molecule has 0 fully saturated rings. The molecule has 2 aromatic rings. The van der Waals surface area contributed by atoms with E-state index in [1.165, 1.54) is 18.1 Å². The summed E-state index contributed by atoms with van der Waals surface area (Å²) in [7, 11) is 1.68. The highest BCUT2D eigenvalue weighted by molar-refractivity contribution is 5.89. The largest absolute Gasteiger partial charge is 0.497 e. The molecule has 3 amide bonds. The number of carbonyl (C=O) groups is 4. The lowest BCUT2D eigenvalue weighted by molar-refractivity contribution is -0.129. The number of aryl methyl sites for hydroxylation is 2. The summed E-state index contributed by atoms with van der Waals surface area (Å²) in [6.45, 7) is 7.93. The van der Waals surface area contributed by atoms with Crippen molar-refractivity contribution in [2.45, 2.75) is 46.3 Å². The summed E-state index contributed by atoms with van der Waals surface area (Å²) in [5.41, 5.74) is 2.55. The number of methoxy groups -OCH3 is 1. The molecule has 2 unspecified atom stereocenters. The van der Waals surface area contributed by atoms with Crippen LogP contribution >= 0.6 is 0 Å². The summed E-state index contributed by atoms with van der Waals surface area (Å²) >= 11 is 0. The third-order valence-electron chi connectivity index (χ3n) is 4.33. The van der Waals surface area contributed by atoms with Gasteiger partial charge in [-0.25, -0.2) is 0 Å². The number of carbonyl (C=O) groups excluding carboxylic acids is 4. The van der Waals surface area contributed by atoms with Crippen LogP contribution in [0.5, 0.6) is 5.75 Å². The first-order chi connectivity index (χ1) is 16.8. The number of hydrogen-bond donors (Lipinski definition) is 4. The molecule has 0 aliphatic carbocycles. The van der Waals surface area contributed by atoms with E-state index < -0.39 is 24.0 Å². The van der Waals surface area contributed by atoms with Gasteiger partial charge < -0.3 is 20.7 Å². The topological polar surface area (TPSA) is 126 Å². The third kappa shape index (κ3) is 16.5. The highest BCUT2D eigenvalue weighted by Gasteiger charge is 2.18. The summed E-state index contributed by atoms with van der Waals surface area (Å²) in [5, 5.41) is 9.82. The van der Waals surface area contributed by atoms with Crippen LogP contribution in [0.15, 0.2) is 54.6 Å². The van der Waals surface area contributed by atoms with Gasteiger partial charge in [0, 0.05) is 0 Å². The molecule has 0 aliphatic heterocycles. The molecule has 35 heavy (non-hydrogen) atoms. The van der Waals surface area contributed by atoms with E-state index in [0.29, 0.717) is 19.2 Å². The van der Waals surface area contributed by atoms with Crippen molar-refractivity contribution in [2.24, 2.45) is 0 Å². The van der Waals surface area contributed by atoms with Gasteiger partial charge in [-0.15, -0.1) is 0 Å². The van der Waals surface area contributed by atoms with Crippen molar-refractivity contribution in [3.63, 3.8) is 0 Å². The van der Waals surface area contributed by atoms with Crippen LogP contribution in [0.3, 0.4) is 0 Å². The minimum absolute atomic E-state index is 0.202. The van der Waals surface area contributed by atoms with Gasteiger partial charge >= 0.3 is 0 Å². The second-order valence-corrected chi connectivity index (χ2v) is 7.54. The molecule has 2 aromatic carbocycles. The van der Waals surface area contributed by atoms with Crippen LogP contribution in [0.2, 0.25) is 0 Å². The zero-order chi connectivity index (χ0) is 26.5. The van der Waals surface area contributed by atoms with Crippen molar-refractivity contribution in [1.29, 1.82) is 0 Å². The maximum atomic E-state index is 11.7. The summed E-state index contributed by atoms with van der Waals surface area (Å²) in [5.74, 6) is -0.0472. The Kier molecular flexibility index (Phi) is 17.6. The minimum Gasteiger partial charge on any atom is -0.497 e. The van der Waals surface area contributed by atoms with Gasteiger partial charge in [-0.1, -0.05) is 55.0 Å². The van der Waals surface area contributed by atoms with Gasteiger partial charge in [0.1, 0.15) is 18.0 Å². The zero-order valence-electron chi connectivity index (χ0n) is 21.2. The van der Waals surface area contributed by atoms with E-state index in [9.17, 15) is 19.2 Å². The van der Waals surface area contributed by atoms with E-state index in [1.54, 1.807) is 7.11 Å². The molecule has 9 nitrogen and oxygen atoms in total. The fraction of sp³-hybridized carbons (Fsp3) is 0.385. The molecule has 0 saturated heterocycles. The van der Waals surface area contributed by atoms with Crippen molar-refractivity contribution in [2.75, 3.05) is 20.2 Å². The Balaban J connectivity index is 0.000000585. The lowest BCUT2D eigenvalue weighted by Gasteiger charge is -2.18. The fourth-order valence-electron chi connectivity index (χ4n) is 2.48. The van der Waals surface area contributed by atoms with Gasteiger partial charge in [0.05, 0.1) is 13.7 Å². The number of rotatable bonds is 11. The van der Waals surface area contributed by atoms with E-state index in [0.717, 1.165) is 12.2 Å². The molecule has 0 bridgehead atoms. The summed E-state index contributed by atoms with van der Waals surface area (Å²) < 4.78 is 5.00. The molecule has 2 atom stereocenters. The Morgan fingerprint density at radius 2 is 1.63 bits per heavy atom. The van der Waals surface area contributed by atoms with Gasteiger partial charge in [0.2, 0.25) is 18.2 Å². The monoisotopic (exact) mass is 486 g/mol. The molecule has 4 N–H and O–H groups in total. The lowest BCUT2D eigenvalue weighted by Crippen LogP contribution is -2.54. The summed E-state index contributed by atoms with van der Waals surface area (Å²) in [6, 6.07) is 17.4. The first-order valence-electron chi connectivity index (χ1n) is 11.3. The molecule has 0 heterocycles. The molecule has 0 spiro atoms. The maximum absolute atomic E-state index is 11.7. The minimum atomic E-state index is -0.799. The van der Waals surface area contributed by atoms with Crippen molar-refractivity contribution in [3.05, 3.63) is 65.7 Å². The normalized spacial score (nSPS) is 11.1. The quantitative estimate of drug-likeness (QED) is 0.284. The zero-order valence-corrected chi connectivity index (χ0v) is 21.2. The predicted molar refractivity (Wildman–Crippen MR) is 137 cm³/mol. The second kappa shape index (κ2) is 19.7. The van der Waals surface area contributed by atoms with Gasteiger partial charge in [0.25, 0.3) is 0 Å². The number of nitrogens with one attached hydrogen (secondary N) is 4. The van der Waals surface area contributed by atoms with Crippen molar-refractivity contribution in [1.82, 2.24) is 21.3 Å². The first-order valence-corrected chi connectivity index (χ1v) is 11.3. The molecule has 2 rings (SSSR count). The maximum Gasteiger partial charge on any atom is 0.243 e. The number of benzene rings is 2. The van der Waals surface area contributed by atoms with Crippen LogP contribution in [0.1, 0.15) is 31.4 Å². The molecule has 0 aromatic heterocycles. The Morgan fingerprint density at radius 1 is 0.971 bits per heavy atom. The average molecular weight is 487 g/mol. The summed E-state index contributed by atoms with van der Waals surface area (Å²) in [6.07, 6.45) is 1.02. The van der Waals surface area contributed by atoms with Gasteiger partial charge in [0.15, 0.2) is 6.29 Å². The summed E-state index contributed by atoms with van der Waals surface area (Å²) in [4.78, 5) is 43.6. The molecule has 192 valence electrons. The molecule has 0 saturated carbocycles. The van der Waals surface area contributed by atoms with E-state index in [2.05, 4.69) is 40.3 Å². The van der Waals surface area contributed by atoms with Crippen LogP contribution in [-0.4, -0.2) is 56.9 Å². The lowest BCUT2D eigenvalue weighted by atomic mass is 10.2. The van der Waals surface area contributed by atoms with Crippen LogP contribution in [0.4, 0.5) is 0 Å². The van der Waals surface area contributed by atoms with Crippen LogP contribution in [0, 0.1) is 13.8 Å². The van der Waals surface area contributed by atoms with E-state index in [-0.39, 0.29) is 6.54 Å². The fourth-order valence-corrected chi connectivity index (χ4v) is 2.48. The van der Waals surface area contributed by atoms with Crippen LogP contribution in [0.25, 0.3) is 0 Å². The van der Waals surface area contributed by atoms with Gasteiger partial charge in [-0.3, -0.25) is 24.5 Å². The average Bonchev–Trinajstić information content (AvgIpc) is 2.86. The molecular formula is C26H38N4O5. The molecule has 0 aliphatic rings. The predicted octanol–water partition coefficient (Wildman–Crippen LogP) is 1.88. The Bertz CT molecular complexity index is 877. The second-order valence-electron chi connectivity index (χ2n) is 7.54. The Morgan fingerprint density at radius 3 is 2.09 bits per heavy atom. The van der Waals surface area contributed by atoms with E-state index in [4.69, 9.17) is 4.74 Å². The molecule has 9 heteroatoms. The number of amides is 3. The Labute approximate surface area is 208 Å². The number of ether oxygens (including phenoxy) is 1. The SMILES string of the molecule is CCCNC(C=O)NC(=O)C(C)NC(=O)CNC=O.COc1cccc(C)c1.Cc1ccccc1. The van der Waals surface area contributed by atoms with Crippen molar-refractivity contribution >= 4 is 24.5 Å². The highest BCUT2D eigenvalue weighted by atomic mass is 16.5. The highest BCUT2D eigenvalue weighted by Crippen LogP contribution is 2.10. The van der Waals surface area contributed by atoms with Crippen LogP contribution < -0.4 is 26.0 Å². The van der Waals surface area contributed by atoms with Crippen molar-refractivity contribution in [3.8, 4) is 5.75 Å². The van der Waals surface area contributed by atoms with Crippen LogP contribution in [-0.2, 0) is 19.2 Å². The van der Waals surface area contributed by atoms with E-state index in [1.807, 2.05) is 56.3 Å². The van der Waals surface area contributed by atoms with E-state index >= 15 is 0 Å². The van der Waals surface area contributed by atoms with Gasteiger partial charge in [-0.2, -0.15) is 0 Å². The standard InChI is InChI=1S/C11H20N4O4.C8H10O.C7H8/c1-3-4-13-9(6-16)15-11(19)8(2)14-10(18)5-12-7-17;1-7-4-3-5-8(6-7)9-2;1-7-5-3-2-4-6-7/h6-9,13H,3-5H2,1-2H3,(H,12,17)(H,14,18)(H,15,19);3-6H,1-2H3;2-6H,1H3. The van der Waals surface area contributed by atoms with Crippen molar-refractivity contribution < 1.29 is 23.9 Å². The Hall–Kier alpha value is -3.72. The number of aldehydes is 1. The van der Waals surface area contributed by atoms with Gasteiger partial charge in [-0.05, 0) is 51.4 Å².